The van der Waals surface area contributed by atoms with Crippen LogP contribution in [0.2, 0.25) is 0 Å². The van der Waals surface area contributed by atoms with Crippen LogP contribution in [0.15, 0.2) is 34.7 Å². The summed E-state index contributed by atoms with van der Waals surface area (Å²) in [7, 11) is 0. The number of hydrogen-bond donors (Lipinski definition) is 1. The summed E-state index contributed by atoms with van der Waals surface area (Å²) < 4.78 is 5.81. The van der Waals surface area contributed by atoms with Crippen LogP contribution >= 0.6 is 11.3 Å². The zero-order valence-corrected chi connectivity index (χ0v) is 11.8. The third kappa shape index (κ3) is 2.46. The van der Waals surface area contributed by atoms with Gasteiger partial charge in [0.2, 0.25) is 0 Å². The minimum Gasteiger partial charge on any atom is -0.453 e. The SMILES string of the molecule is c1ccc2oc(-c3nnc(CCNC4CC4)s3)cc2c1. The van der Waals surface area contributed by atoms with Gasteiger partial charge in [0.1, 0.15) is 10.6 Å². The van der Waals surface area contributed by atoms with E-state index in [1.807, 2.05) is 30.3 Å². The quantitative estimate of drug-likeness (QED) is 0.782. The third-order valence-corrected chi connectivity index (χ3v) is 4.45. The van der Waals surface area contributed by atoms with Crippen molar-refractivity contribution < 1.29 is 4.42 Å². The molecular formula is C15H15N3OS. The minimum absolute atomic E-state index is 0.748. The molecule has 2 heterocycles. The highest BCUT2D eigenvalue weighted by atomic mass is 32.1. The molecule has 1 aliphatic carbocycles. The fraction of sp³-hybridized carbons (Fsp3) is 0.333. The average Bonchev–Trinajstić information content (AvgIpc) is 3.01. The van der Waals surface area contributed by atoms with Gasteiger partial charge in [0.05, 0.1) is 0 Å². The number of nitrogens with zero attached hydrogens (tertiary/aromatic N) is 2. The summed E-state index contributed by atoms with van der Waals surface area (Å²) in [5.74, 6) is 0.810. The van der Waals surface area contributed by atoms with Crippen LogP contribution in [0.1, 0.15) is 17.8 Å². The van der Waals surface area contributed by atoms with E-state index in [1.54, 1.807) is 11.3 Å². The summed E-state index contributed by atoms with van der Waals surface area (Å²) in [6, 6.07) is 10.8. The van der Waals surface area contributed by atoms with Gasteiger partial charge >= 0.3 is 0 Å². The fourth-order valence-electron chi connectivity index (χ4n) is 2.21. The molecule has 0 atom stereocenters. The molecule has 1 saturated carbocycles. The Morgan fingerprint density at radius 1 is 1.25 bits per heavy atom. The van der Waals surface area contributed by atoms with Crippen molar-refractivity contribution in [1.82, 2.24) is 15.5 Å². The molecule has 1 aromatic carbocycles. The maximum atomic E-state index is 5.81. The van der Waals surface area contributed by atoms with Gasteiger partial charge in [-0.1, -0.05) is 29.5 Å². The molecule has 1 fully saturated rings. The van der Waals surface area contributed by atoms with Gasteiger partial charge in [-0.2, -0.15) is 0 Å². The molecule has 1 aliphatic rings. The van der Waals surface area contributed by atoms with E-state index in [2.05, 4.69) is 15.5 Å². The van der Waals surface area contributed by atoms with Crippen molar-refractivity contribution in [2.24, 2.45) is 0 Å². The number of nitrogens with one attached hydrogen (secondary N) is 1. The van der Waals surface area contributed by atoms with Gasteiger partial charge in [-0.05, 0) is 25.0 Å². The largest absolute Gasteiger partial charge is 0.453 e. The number of furan rings is 1. The Bertz CT molecular complexity index is 696. The molecular weight excluding hydrogens is 270 g/mol. The van der Waals surface area contributed by atoms with Crippen molar-refractivity contribution in [3.63, 3.8) is 0 Å². The highest BCUT2D eigenvalue weighted by Gasteiger charge is 2.20. The molecule has 2 aromatic heterocycles. The van der Waals surface area contributed by atoms with Crippen LogP contribution in [0.5, 0.6) is 0 Å². The van der Waals surface area contributed by atoms with Gasteiger partial charge in [0, 0.05) is 24.4 Å². The number of aromatic nitrogens is 2. The summed E-state index contributed by atoms with van der Waals surface area (Å²) >= 11 is 1.62. The lowest BCUT2D eigenvalue weighted by atomic mass is 10.2. The molecule has 20 heavy (non-hydrogen) atoms. The predicted octanol–water partition coefficient (Wildman–Crippen LogP) is 3.25. The highest BCUT2D eigenvalue weighted by molar-refractivity contribution is 7.14. The Labute approximate surface area is 120 Å². The molecule has 5 heteroatoms. The Hall–Kier alpha value is -1.72. The lowest BCUT2D eigenvalue weighted by Crippen LogP contribution is -2.19. The van der Waals surface area contributed by atoms with Crippen molar-refractivity contribution in [2.75, 3.05) is 6.54 Å². The number of para-hydroxylation sites is 1. The third-order valence-electron chi connectivity index (χ3n) is 3.45. The number of rotatable bonds is 5. The number of fused-ring (bicyclic) bond motifs is 1. The lowest BCUT2D eigenvalue weighted by Gasteiger charge is -1.97. The molecule has 4 rings (SSSR count). The van der Waals surface area contributed by atoms with E-state index in [0.29, 0.717) is 0 Å². The van der Waals surface area contributed by atoms with Gasteiger partial charge in [-0.15, -0.1) is 10.2 Å². The van der Waals surface area contributed by atoms with Gasteiger partial charge in [-0.3, -0.25) is 0 Å². The molecule has 0 amide bonds. The van der Waals surface area contributed by atoms with E-state index in [1.165, 1.54) is 12.8 Å². The first-order chi connectivity index (χ1) is 9.88. The molecule has 0 saturated heterocycles. The second-order valence-electron chi connectivity index (χ2n) is 5.13. The minimum atomic E-state index is 0.748. The highest BCUT2D eigenvalue weighted by Crippen LogP contribution is 2.29. The summed E-state index contributed by atoms with van der Waals surface area (Å²) in [5.41, 5.74) is 0.898. The van der Waals surface area contributed by atoms with E-state index in [9.17, 15) is 0 Å². The molecule has 0 unspecified atom stereocenters. The van der Waals surface area contributed by atoms with Crippen LogP contribution in [0, 0.1) is 0 Å². The van der Waals surface area contributed by atoms with E-state index >= 15 is 0 Å². The van der Waals surface area contributed by atoms with E-state index in [4.69, 9.17) is 4.42 Å². The topological polar surface area (TPSA) is 51.0 Å². The first kappa shape index (κ1) is 12.1. The van der Waals surface area contributed by atoms with Gasteiger partial charge in [0.15, 0.2) is 10.8 Å². The zero-order valence-electron chi connectivity index (χ0n) is 11.0. The van der Waals surface area contributed by atoms with E-state index in [-0.39, 0.29) is 0 Å². The molecule has 0 bridgehead atoms. The number of hydrogen-bond acceptors (Lipinski definition) is 5. The monoisotopic (exact) mass is 285 g/mol. The lowest BCUT2D eigenvalue weighted by molar-refractivity contribution is 0.629. The standard InChI is InChI=1S/C15H15N3OS/c1-2-4-12-10(3-1)9-13(19-12)15-18-17-14(20-15)7-8-16-11-5-6-11/h1-4,9,11,16H,5-8H2. The van der Waals surface area contributed by atoms with Crippen molar-refractivity contribution >= 4 is 22.3 Å². The maximum Gasteiger partial charge on any atom is 0.183 e. The fourth-order valence-corrected chi connectivity index (χ4v) is 3.00. The normalized spacial score (nSPS) is 15.0. The van der Waals surface area contributed by atoms with Gasteiger partial charge in [-0.25, -0.2) is 0 Å². The zero-order chi connectivity index (χ0) is 13.4. The first-order valence-electron chi connectivity index (χ1n) is 6.93. The van der Waals surface area contributed by atoms with Gasteiger partial charge in [0.25, 0.3) is 0 Å². The molecule has 3 aromatic rings. The smallest absolute Gasteiger partial charge is 0.183 e. The summed E-state index contributed by atoms with van der Waals surface area (Å²) in [5, 5.41) is 15.0. The van der Waals surface area contributed by atoms with Crippen molar-refractivity contribution in [3.8, 4) is 10.8 Å². The Morgan fingerprint density at radius 3 is 3.00 bits per heavy atom. The van der Waals surface area contributed by atoms with Crippen LogP contribution in [-0.2, 0) is 6.42 Å². The average molecular weight is 285 g/mol. The predicted molar refractivity (Wildman–Crippen MR) is 79.8 cm³/mol. The maximum absolute atomic E-state index is 5.81. The molecule has 0 aliphatic heterocycles. The second-order valence-corrected chi connectivity index (χ2v) is 6.19. The molecule has 0 radical (unpaired) electrons. The summed E-state index contributed by atoms with van der Waals surface area (Å²) in [6.07, 6.45) is 3.58. The summed E-state index contributed by atoms with van der Waals surface area (Å²) in [4.78, 5) is 0. The first-order valence-corrected chi connectivity index (χ1v) is 7.75. The second kappa shape index (κ2) is 5.00. The van der Waals surface area contributed by atoms with E-state index < -0.39 is 0 Å². The van der Waals surface area contributed by atoms with Crippen molar-refractivity contribution in [3.05, 3.63) is 35.3 Å². The molecule has 0 spiro atoms. The molecule has 1 N–H and O–H groups in total. The number of benzene rings is 1. The van der Waals surface area contributed by atoms with E-state index in [0.717, 1.165) is 45.8 Å². The summed E-state index contributed by atoms with van der Waals surface area (Å²) in [6.45, 7) is 0.986. The van der Waals surface area contributed by atoms with Crippen molar-refractivity contribution in [1.29, 1.82) is 0 Å². The van der Waals surface area contributed by atoms with Gasteiger partial charge < -0.3 is 9.73 Å². The van der Waals surface area contributed by atoms with Crippen molar-refractivity contribution in [2.45, 2.75) is 25.3 Å². The van der Waals surface area contributed by atoms with Crippen LogP contribution in [0.25, 0.3) is 21.7 Å². The molecule has 102 valence electrons. The Morgan fingerprint density at radius 2 is 2.15 bits per heavy atom. The van der Waals surface area contributed by atoms with Crippen LogP contribution in [-0.4, -0.2) is 22.8 Å². The Kier molecular flexibility index (Phi) is 3.01. The Balaban J connectivity index is 1.51. The van der Waals surface area contributed by atoms with Crippen LogP contribution in [0.3, 0.4) is 0 Å². The van der Waals surface area contributed by atoms with Crippen LogP contribution < -0.4 is 5.32 Å². The molecule has 4 nitrogen and oxygen atoms in total. The van der Waals surface area contributed by atoms with Crippen LogP contribution in [0.4, 0.5) is 0 Å².